The molecule has 1 amide bonds. The minimum atomic E-state index is -0.0304. The van der Waals surface area contributed by atoms with E-state index in [9.17, 15) is 4.79 Å². The van der Waals surface area contributed by atoms with Gasteiger partial charge in [0, 0.05) is 26.2 Å². The molecule has 0 aliphatic carbocycles. The van der Waals surface area contributed by atoms with E-state index in [2.05, 4.69) is 17.0 Å². The Bertz CT molecular complexity index is 456. The average Bonchev–Trinajstić information content (AvgIpc) is 2.78. The molecular weight excluding hydrogens is 242 g/mol. The number of aryl methyl sites for hydroxylation is 1. The number of rotatable bonds is 3. The second kappa shape index (κ2) is 5.61. The Hall–Kier alpha value is -1.56. The first-order valence-electron chi connectivity index (χ1n) is 6.81. The summed E-state index contributed by atoms with van der Waals surface area (Å²) < 4.78 is 1.67. The molecule has 1 saturated heterocycles. The van der Waals surface area contributed by atoms with E-state index in [0.29, 0.717) is 17.9 Å². The molecule has 1 aromatic heterocycles. The Balaban J connectivity index is 2.16. The summed E-state index contributed by atoms with van der Waals surface area (Å²) in [5.74, 6) is -0.0304. The zero-order chi connectivity index (χ0) is 14.0. The Labute approximate surface area is 114 Å². The van der Waals surface area contributed by atoms with Crippen molar-refractivity contribution < 1.29 is 4.79 Å². The van der Waals surface area contributed by atoms with Crippen LogP contribution in [0.1, 0.15) is 30.3 Å². The molecule has 1 aliphatic rings. The maximum absolute atomic E-state index is 12.6. The number of nitrogens with zero attached hydrogens (tertiary/aromatic N) is 4. The number of piperidine rings is 1. The van der Waals surface area contributed by atoms with Crippen molar-refractivity contribution in [2.24, 2.45) is 0 Å². The molecule has 2 rings (SSSR count). The van der Waals surface area contributed by atoms with Crippen molar-refractivity contribution in [2.75, 3.05) is 32.9 Å². The number of hydrogen-bond acceptors (Lipinski definition) is 4. The molecule has 0 bridgehead atoms. The summed E-state index contributed by atoms with van der Waals surface area (Å²) in [5, 5.41) is 4.13. The molecule has 0 radical (unpaired) electrons. The third kappa shape index (κ3) is 2.73. The highest BCUT2D eigenvalue weighted by atomic mass is 16.2. The normalized spacial score (nSPS) is 20.5. The summed E-state index contributed by atoms with van der Waals surface area (Å²) in [7, 11) is 3.95. The number of carbonyl (C=O) groups excluding carboxylic acids is 1. The lowest BCUT2D eigenvalue weighted by atomic mass is 10.0. The fourth-order valence-corrected chi connectivity index (χ4v) is 2.66. The van der Waals surface area contributed by atoms with Gasteiger partial charge in [-0.15, -0.1) is 0 Å². The van der Waals surface area contributed by atoms with Gasteiger partial charge in [0.1, 0.15) is 5.69 Å². The lowest BCUT2D eigenvalue weighted by Gasteiger charge is -2.35. The number of amides is 1. The van der Waals surface area contributed by atoms with Gasteiger partial charge >= 0.3 is 0 Å². The van der Waals surface area contributed by atoms with Crippen molar-refractivity contribution in [1.82, 2.24) is 19.6 Å². The predicted molar refractivity (Wildman–Crippen MR) is 74.9 cm³/mol. The molecule has 1 unspecified atom stereocenters. The van der Waals surface area contributed by atoms with Crippen LogP contribution in [0.2, 0.25) is 0 Å². The van der Waals surface area contributed by atoms with Crippen LogP contribution in [0, 0.1) is 0 Å². The molecule has 2 N–H and O–H groups in total. The summed E-state index contributed by atoms with van der Waals surface area (Å²) in [6.45, 7) is 4.63. The van der Waals surface area contributed by atoms with Crippen molar-refractivity contribution in [2.45, 2.75) is 32.4 Å². The summed E-state index contributed by atoms with van der Waals surface area (Å²) in [5.41, 5.74) is 6.84. The molecule has 106 valence electrons. The number of nitrogens with two attached hydrogens (primary N) is 1. The number of anilines is 1. The highest BCUT2D eigenvalue weighted by Crippen LogP contribution is 2.19. The van der Waals surface area contributed by atoms with Crippen LogP contribution in [0.5, 0.6) is 0 Å². The molecule has 19 heavy (non-hydrogen) atoms. The van der Waals surface area contributed by atoms with E-state index < -0.39 is 0 Å². The zero-order valence-electron chi connectivity index (χ0n) is 12.0. The van der Waals surface area contributed by atoms with Gasteiger partial charge < -0.3 is 15.5 Å². The molecule has 1 fully saturated rings. The average molecular weight is 265 g/mol. The first kappa shape index (κ1) is 13.9. The Morgan fingerprint density at radius 2 is 2.37 bits per heavy atom. The Morgan fingerprint density at radius 1 is 1.63 bits per heavy atom. The summed E-state index contributed by atoms with van der Waals surface area (Å²) >= 11 is 0. The minimum Gasteiger partial charge on any atom is -0.396 e. The predicted octanol–water partition coefficient (Wildman–Crippen LogP) is 0.651. The fraction of sp³-hybridized carbons (Fsp3) is 0.692. The molecule has 6 heteroatoms. The van der Waals surface area contributed by atoms with Crippen LogP contribution >= 0.6 is 0 Å². The van der Waals surface area contributed by atoms with E-state index in [0.717, 1.165) is 25.9 Å². The monoisotopic (exact) mass is 265 g/mol. The standard InChI is InChI=1S/C13H23N5O/c1-4-18-12(11(14)8-15-18)13(19)17(3)10-6-5-7-16(2)9-10/h8,10H,4-7,9,14H2,1-3H3. The van der Waals surface area contributed by atoms with Gasteiger partial charge in [-0.25, -0.2) is 0 Å². The molecule has 0 aromatic carbocycles. The highest BCUT2D eigenvalue weighted by molar-refractivity contribution is 5.97. The molecule has 6 nitrogen and oxygen atoms in total. The van der Waals surface area contributed by atoms with Gasteiger partial charge in [-0.05, 0) is 33.4 Å². The van der Waals surface area contributed by atoms with Crippen LogP contribution in [-0.2, 0) is 6.54 Å². The van der Waals surface area contributed by atoms with Gasteiger partial charge in [0.25, 0.3) is 5.91 Å². The first-order chi connectivity index (χ1) is 9.04. The number of hydrogen-bond donors (Lipinski definition) is 1. The van der Waals surface area contributed by atoms with Gasteiger partial charge in [-0.3, -0.25) is 9.48 Å². The van der Waals surface area contributed by atoms with E-state index >= 15 is 0 Å². The number of aromatic nitrogens is 2. The van der Waals surface area contributed by atoms with E-state index in [1.165, 1.54) is 0 Å². The van der Waals surface area contributed by atoms with Crippen LogP contribution < -0.4 is 5.73 Å². The van der Waals surface area contributed by atoms with Crippen molar-refractivity contribution in [3.8, 4) is 0 Å². The smallest absolute Gasteiger partial charge is 0.274 e. The fourth-order valence-electron chi connectivity index (χ4n) is 2.66. The van der Waals surface area contributed by atoms with Gasteiger partial charge in [0.2, 0.25) is 0 Å². The number of carbonyl (C=O) groups is 1. The number of likely N-dealkylation sites (tertiary alicyclic amines) is 1. The minimum absolute atomic E-state index is 0.0304. The van der Waals surface area contributed by atoms with Gasteiger partial charge in [-0.2, -0.15) is 5.10 Å². The SMILES string of the molecule is CCn1ncc(N)c1C(=O)N(C)C1CCCN(C)C1. The van der Waals surface area contributed by atoms with Crippen molar-refractivity contribution in [1.29, 1.82) is 0 Å². The molecule has 0 spiro atoms. The van der Waals surface area contributed by atoms with Crippen LogP contribution in [0.15, 0.2) is 6.20 Å². The molecule has 2 heterocycles. The maximum Gasteiger partial charge on any atom is 0.274 e. The van der Waals surface area contributed by atoms with Crippen LogP contribution in [0.25, 0.3) is 0 Å². The quantitative estimate of drug-likeness (QED) is 0.871. The molecule has 1 aromatic rings. The van der Waals surface area contributed by atoms with Gasteiger partial charge in [0.05, 0.1) is 11.9 Å². The number of nitrogen functional groups attached to an aromatic ring is 1. The summed E-state index contributed by atoms with van der Waals surface area (Å²) in [6.07, 6.45) is 3.73. The van der Waals surface area contributed by atoms with Crippen molar-refractivity contribution >= 4 is 11.6 Å². The molecular formula is C13H23N5O. The lowest BCUT2D eigenvalue weighted by molar-refractivity contribution is 0.0633. The van der Waals surface area contributed by atoms with Gasteiger partial charge in [0.15, 0.2) is 0 Å². The number of likely N-dealkylation sites (N-methyl/N-ethyl adjacent to an activating group) is 2. The molecule has 1 aliphatic heterocycles. The summed E-state index contributed by atoms with van der Waals surface area (Å²) in [4.78, 5) is 16.7. The van der Waals surface area contributed by atoms with E-state index in [4.69, 9.17) is 5.73 Å². The lowest BCUT2D eigenvalue weighted by Crippen LogP contribution is -2.47. The largest absolute Gasteiger partial charge is 0.396 e. The van der Waals surface area contributed by atoms with E-state index in [1.807, 2.05) is 18.9 Å². The first-order valence-corrected chi connectivity index (χ1v) is 6.81. The molecule has 0 saturated carbocycles. The van der Waals surface area contributed by atoms with Crippen molar-refractivity contribution in [3.63, 3.8) is 0 Å². The maximum atomic E-state index is 12.6. The second-order valence-corrected chi connectivity index (χ2v) is 5.24. The molecule has 1 atom stereocenters. The summed E-state index contributed by atoms with van der Waals surface area (Å²) in [6, 6.07) is 0.255. The zero-order valence-corrected chi connectivity index (χ0v) is 12.0. The second-order valence-electron chi connectivity index (χ2n) is 5.24. The topological polar surface area (TPSA) is 67.4 Å². The Kier molecular flexibility index (Phi) is 4.09. The highest BCUT2D eigenvalue weighted by Gasteiger charge is 2.28. The van der Waals surface area contributed by atoms with Crippen LogP contribution in [0.3, 0.4) is 0 Å². The third-order valence-electron chi connectivity index (χ3n) is 3.84. The van der Waals surface area contributed by atoms with E-state index in [-0.39, 0.29) is 11.9 Å². The van der Waals surface area contributed by atoms with Crippen molar-refractivity contribution in [3.05, 3.63) is 11.9 Å². The van der Waals surface area contributed by atoms with Gasteiger partial charge in [-0.1, -0.05) is 0 Å². The van der Waals surface area contributed by atoms with E-state index in [1.54, 1.807) is 10.9 Å². The third-order valence-corrected chi connectivity index (χ3v) is 3.84. The van der Waals surface area contributed by atoms with Crippen LogP contribution in [-0.4, -0.2) is 58.7 Å². The van der Waals surface area contributed by atoms with Crippen LogP contribution in [0.4, 0.5) is 5.69 Å². The Morgan fingerprint density at radius 3 is 3.00 bits per heavy atom.